The van der Waals surface area contributed by atoms with Crippen molar-refractivity contribution in [2.75, 3.05) is 0 Å². The molecule has 3 aliphatic rings. The van der Waals surface area contributed by atoms with Crippen LogP contribution in [0, 0.1) is 34.5 Å². The minimum absolute atomic E-state index is 0.323. The highest BCUT2D eigenvalue weighted by Gasteiger charge is 2.53. The van der Waals surface area contributed by atoms with Gasteiger partial charge in [0.25, 0.3) is 0 Å². The van der Waals surface area contributed by atoms with E-state index in [1.807, 2.05) is 0 Å². The molecule has 0 aromatic carbocycles. The zero-order valence-electron chi connectivity index (χ0n) is 14.5. The highest BCUT2D eigenvalue weighted by atomic mass is 16.1. The summed E-state index contributed by atoms with van der Waals surface area (Å²) in [5, 5.41) is 0. The zero-order valence-corrected chi connectivity index (χ0v) is 14.5. The lowest BCUT2D eigenvalue weighted by atomic mass is 9.46. The van der Waals surface area contributed by atoms with E-state index >= 15 is 0 Å². The summed E-state index contributed by atoms with van der Waals surface area (Å²) in [5.74, 6) is 3.66. The molecule has 1 heteroatoms. The van der Waals surface area contributed by atoms with Gasteiger partial charge in [-0.15, -0.1) is 0 Å². The summed E-state index contributed by atoms with van der Waals surface area (Å²) in [6, 6.07) is 0. The second-order valence-electron chi connectivity index (χ2n) is 8.86. The van der Waals surface area contributed by atoms with Crippen molar-refractivity contribution in [2.45, 2.75) is 73.1 Å². The lowest BCUT2D eigenvalue weighted by Gasteiger charge is -2.58. The average Bonchev–Trinajstić information content (AvgIpc) is 2.43. The van der Waals surface area contributed by atoms with Gasteiger partial charge in [-0.25, -0.2) is 0 Å². The first kappa shape index (κ1) is 15.3. The molecule has 2 fully saturated rings. The number of hydrogen-bond donors (Lipinski definition) is 0. The van der Waals surface area contributed by atoms with Gasteiger partial charge in [0.05, 0.1) is 0 Å². The minimum Gasteiger partial charge on any atom is -0.299 e. The Labute approximate surface area is 130 Å². The fourth-order valence-electron chi connectivity index (χ4n) is 5.79. The van der Waals surface area contributed by atoms with Crippen LogP contribution in [-0.4, -0.2) is 5.78 Å². The van der Waals surface area contributed by atoms with Crippen molar-refractivity contribution in [1.82, 2.24) is 0 Å². The fourth-order valence-corrected chi connectivity index (χ4v) is 5.79. The van der Waals surface area contributed by atoms with Crippen molar-refractivity contribution < 1.29 is 4.79 Å². The number of carbonyl (C=O) groups is 1. The van der Waals surface area contributed by atoms with Crippen molar-refractivity contribution in [3.05, 3.63) is 11.6 Å². The number of carbonyl (C=O) groups excluding carboxylic acids is 1. The third-order valence-electron chi connectivity index (χ3n) is 8.01. The molecule has 0 N–H and O–H groups in total. The Morgan fingerprint density at radius 2 is 1.95 bits per heavy atom. The number of ketones is 1. The molecule has 0 spiro atoms. The summed E-state index contributed by atoms with van der Waals surface area (Å²) in [6.45, 7) is 12.3. The largest absolute Gasteiger partial charge is 0.299 e. The highest BCUT2D eigenvalue weighted by Crippen LogP contribution is 2.61. The van der Waals surface area contributed by atoms with E-state index in [4.69, 9.17) is 0 Å². The van der Waals surface area contributed by atoms with Crippen molar-refractivity contribution in [2.24, 2.45) is 34.5 Å². The Hall–Kier alpha value is -0.590. The van der Waals surface area contributed by atoms with Crippen LogP contribution in [0.1, 0.15) is 73.1 Å². The van der Waals surface area contributed by atoms with E-state index in [1.165, 1.54) is 24.8 Å². The zero-order chi connectivity index (χ0) is 15.4. The summed E-state index contributed by atoms with van der Waals surface area (Å²) in [5.41, 5.74) is 2.30. The number of rotatable bonds is 1. The standard InChI is InChI=1S/C20H32O/c1-13(2)19(4)11-9-18-17(14(19)3)7-6-15-12-16(21)8-10-20(15,18)5/h6,13-14,17-18H,7-12H2,1-5H3. The molecule has 1 nitrogen and oxygen atoms in total. The Morgan fingerprint density at radius 3 is 2.62 bits per heavy atom. The molecule has 118 valence electrons. The van der Waals surface area contributed by atoms with Gasteiger partial charge in [-0.3, -0.25) is 4.79 Å². The Morgan fingerprint density at radius 1 is 1.24 bits per heavy atom. The van der Waals surface area contributed by atoms with Gasteiger partial charge >= 0.3 is 0 Å². The predicted molar refractivity (Wildman–Crippen MR) is 88.0 cm³/mol. The molecule has 0 saturated heterocycles. The predicted octanol–water partition coefficient (Wildman–Crippen LogP) is 5.40. The number of fused-ring (bicyclic) bond motifs is 3. The van der Waals surface area contributed by atoms with Crippen LogP contribution < -0.4 is 0 Å². The van der Waals surface area contributed by atoms with Crippen LogP contribution in [-0.2, 0) is 4.79 Å². The SMILES string of the molecule is CC(C)C1(C)CCC2C(CC=C3CC(=O)CCC32C)C1C. The maximum Gasteiger partial charge on any atom is 0.136 e. The summed E-state index contributed by atoms with van der Waals surface area (Å²) in [6.07, 6.45) is 9.06. The molecule has 0 aromatic rings. The highest BCUT2D eigenvalue weighted by molar-refractivity contribution is 5.82. The Kier molecular flexibility index (Phi) is 3.62. The van der Waals surface area contributed by atoms with Crippen LogP contribution in [0.3, 0.4) is 0 Å². The minimum atomic E-state index is 0.323. The molecule has 0 amide bonds. The van der Waals surface area contributed by atoms with Crippen LogP contribution in [0.15, 0.2) is 11.6 Å². The third-order valence-corrected chi connectivity index (χ3v) is 8.01. The first-order valence-electron chi connectivity index (χ1n) is 9.00. The van der Waals surface area contributed by atoms with Crippen LogP contribution in [0.4, 0.5) is 0 Å². The van der Waals surface area contributed by atoms with Gasteiger partial charge in [-0.05, 0) is 60.2 Å². The second kappa shape index (κ2) is 4.96. The van der Waals surface area contributed by atoms with Crippen molar-refractivity contribution >= 4 is 5.78 Å². The van der Waals surface area contributed by atoms with Crippen LogP contribution in [0.2, 0.25) is 0 Å². The molecule has 0 heterocycles. The molecule has 5 unspecified atom stereocenters. The summed E-state index contributed by atoms with van der Waals surface area (Å²) >= 11 is 0. The molecule has 21 heavy (non-hydrogen) atoms. The monoisotopic (exact) mass is 288 g/mol. The summed E-state index contributed by atoms with van der Waals surface area (Å²) < 4.78 is 0. The second-order valence-corrected chi connectivity index (χ2v) is 8.86. The van der Waals surface area contributed by atoms with Crippen LogP contribution in [0.25, 0.3) is 0 Å². The van der Waals surface area contributed by atoms with E-state index < -0.39 is 0 Å². The van der Waals surface area contributed by atoms with Gasteiger partial charge in [0, 0.05) is 12.8 Å². The van der Waals surface area contributed by atoms with E-state index in [0.717, 1.165) is 42.9 Å². The van der Waals surface area contributed by atoms with Crippen LogP contribution >= 0.6 is 0 Å². The molecular weight excluding hydrogens is 256 g/mol. The van der Waals surface area contributed by atoms with Gasteiger partial charge < -0.3 is 0 Å². The lowest BCUT2D eigenvalue weighted by Crippen LogP contribution is -2.50. The lowest BCUT2D eigenvalue weighted by molar-refractivity contribution is -0.122. The maximum atomic E-state index is 11.8. The molecule has 5 atom stereocenters. The fraction of sp³-hybridized carbons (Fsp3) is 0.850. The topological polar surface area (TPSA) is 17.1 Å². The molecular formula is C20H32O. The quantitative estimate of drug-likeness (QED) is 0.590. The molecule has 3 rings (SSSR count). The molecule has 0 aromatic heterocycles. The third kappa shape index (κ3) is 2.14. The smallest absolute Gasteiger partial charge is 0.136 e. The number of hydrogen-bond acceptors (Lipinski definition) is 1. The van der Waals surface area contributed by atoms with Gasteiger partial charge in [-0.1, -0.05) is 46.3 Å². The van der Waals surface area contributed by atoms with Crippen LogP contribution in [0.5, 0.6) is 0 Å². The van der Waals surface area contributed by atoms with E-state index in [9.17, 15) is 4.79 Å². The van der Waals surface area contributed by atoms with E-state index in [-0.39, 0.29) is 0 Å². The van der Waals surface area contributed by atoms with E-state index in [2.05, 4.69) is 40.7 Å². The maximum absolute atomic E-state index is 11.8. The first-order chi connectivity index (χ1) is 9.79. The molecule has 0 radical (unpaired) electrons. The number of Topliss-reactive ketones (excluding diaryl/α,β-unsaturated/α-hetero) is 1. The van der Waals surface area contributed by atoms with E-state index in [0.29, 0.717) is 16.6 Å². The van der Waals surface area contributed by atoms with Gasteiger partial charge in [0.1, 0.15) is 5.78 Å². The van der Waals surface area contributed by atoms with Crippen molar-refractivity contribution in [3.8, 4) is 0 Å². The van der Waals surface area contributed by atoms with Gasteiger partial charge in [-0.2, -0.15) is 0 Å². The molecule has 3 aliphatic carbocycles. The average molecular weight is 288 g/mol. The summed E-state index contributed by atoms with van der Waals surface area (Å²) in [7, 11) is 0. The summed E-state index contributed by atoms with van der Waals surface area (Å²) in [4.78, 5) is 11.8. The van der Waals surface area contributed by atoms with Gasteiger partial charge in [0.2, 0.25) is 0 Å². The normalized spacial score (nSPS) is 46.9. The van der Waals surface area contributed by atoms with Crippen molar-refractivity contribution in [3.63, 3.8) is 0 Å². The van der Waals surface area contributed by atoms with E-state index in [1.54, 1.807) is 0 Å². The number of allylic oxidation sites excluding steroid dienone is 2. The molecule has 0 aliphatic heterocycles. The van der Waals surface area contributed by atoms with Crippen molar-refractivity contribution in [1.29, 1.82) is 0 Å². The first-order valence-corrected chi connectivity index (χ1v) is 9.00. The molecule has 2 saturated carbocycles. The van der Waals surface area contributed by atoms with Gasteiger partial charge in [0.15, 0.2) is 0 Å². The Balaban J connectivity index is 1.92. The molecule has 0 bridgehead atoms. The Bertz CT molecular complexity index is 474.